The van der Waals surface area contributed by atoms with Gasteiger partial charge in [0.1, 0.15) is 0 Å². The molecule has 1 aliphatic carbocycles. The molecule has 0 aliphatic heterocycles. The van der Waals surface area contributed by atoms with Crippen molar-refractivity contribution in [3.05, 3.63) is 42.0 Å². The van der Waals surface area contributed by atoms with Crippen molar-refractivity contribution < 1.29 is 23.8 Å². The zero-order valence-electron chi connectivity index (χ0n) is 19.4. The second-order valence-electron chi connectivity index (χ2n) is 7.96. The molecule has 2 aromatic carbocycles. The van der Waals surface area contributed by atoms with Gasteiger partial charge < -0.3 is 24.8 Å². The number of thioether (sulfide) groups is 1. The summed E-state index contributed by atoms with van der Waals surface area (Å²) in [6.45, 7) is 0.739. The van der Waals surface area contributed by atoms with E-state index < -0.39 is 0 Å². The smallest absolute Gasteiger partial charge is 0.256 e. The Balaban J connectivity index is 1.63. The molecule has 178 valence electrons. The van der Waals surface area contributed by atoms with E-state index in [1.54, 1.807) is 24.3 Å². The summed E-state index contributed by atoms with van der Waals surface area (Å²) in [5.74, 6) is 1.91. The highest BCUT2D eigenvalue weighted by atomic mass is 32.2. The van der Waals surface area contributed by atoms with E-state index in [4.69, 9.17) is 14.2 Å². The van der Waals surface area contributed by atoms with Crippen LogP contribution in [0.3, 0.4) is 0 Å². The molecule has 7 nitrogen and oxygen atoms in total. The van der Waals surface area contributed by atoms with Gasteiger partial charge in [-0.05, 0) is 30.9 Å². The molecule has 1 aliphatic rings. The zero-order valence-corrected chi connectivity index (χ0v) is 20.3. The molecule has 2 N–H and O–H groups in total. The zero-order chi connectivity index (χ0) is 23.6. The SMILES string of the molecule is COc1cc(NC(=O)c2ccccc2SCC(=O)NCC2CCCCC2)cc(OC)c1OC. The van der Waals surface area contributed by atoms with Crippen LogP contribution >= 0.6 is 11.8 Å². The molecule has 8 heteroatoms. The maximum absolute atomic E-state index is 13.0. The van der Waals surface area contributed by atoms with Crippen molar-refractivity contribution in [2.45, 2.75) is 37.0 Å². The van der Waals surface area contributed by atoms with Crippen molar-refractivity contribution in [2.75, 3.05) is 38.9 Å². The molecule has 0 atom stereocenters. The number of hydrogen-bond acceptors (Lipinski definition) is 6. The van der Waals surface area contributed by atoms with Gasteiger partial charge in [0.25, 0.3) is 5.91 Å². The fraction of sp³-hybridized carbons (Fsp3) is 0.440. The highest BCUT2D eigenvalue weighted by Crippen LogP contribution is 2.40. The first kappa shape index (κ1) is 24.8. The monoisotopic (exact) mass is 472 g/mol. The summed E-state index contributed by atoms with van der Waals surface area (Å²) in [6.07, 6.45) is 6.19. The third kappa shape index (κ3) is 6.81. The summed E-state index contributed by atoms with van der Waals surface area (Å²) < 4.78 is 16.0. The number of nitrogens with one attached hydrogen (secondary N) is 2. The third-order valence-electron chi connectivity index (χ3n) is 5.73. The Labute approximate surface area is 199 Å². The normalized spacial score (nSPS) is 13.8. The van der Waals surface area contributed by atoms with Gasteiger partial charge in [-0.3, -0.25) is 9.59 Å². The van der Waals surface area contributed by atoms with Crippen LogP contribution in [0, 0.1) is 5.92 Å². The van der Waals surface area contributed by atoms with Gasteiger partial charge in [0.15, 0.2) is 11.5 Å². The van der Waals surface area contributed by atoms with Crippen LogP contribution in [0.15, 0.2) is 41.3 Å². The van der Waals surface area contributed by atoms with E-state index in [1.165, 1.54) is 65.2 Å². The second kappa shape index (κ2) is 12.4. The van der Waals surface area contributed by atoms with Crippen LogP contribution in [0.25, 0.3) is 0 Å². The number of amides is 2. The minimum absolute atomic E-state index is 0.00888. The van der Waals surface area contributed by atoms with E-state index in [-0.39, 0.29) is 17.6 Å². The molecule has 0 unspecified atom stereocenters. The third-order valence-corrected chi connectivity index (χ3v) is 6.80. The van der Waals surface area contributed by atoms with E-state index in [0.717, 1.165) is 11.4 Å². The quantitative estimate of drug-likeness (QED) is 0.485. The van der Waals surface area contributed by atoms with E-state index in [0.29, 0.717) is 34.4 Å². The highest BCUT2D eigenvalue weighted by Gasteiger charge is 2.18. The van der Waals surface area contributed by atoms with Gasteiger partial charge in [-0.25, -0.2) is 0 Å². The van der Waals surface area contributed by atoms with Crippen LogP contribution in [-0.2, 0) is 4.79 Å². The first-order chi connectivity index (χ1) is 16.0. The molecular formula is C25H32N2O5S. The molecule has 0 heterocycles. The summed E-state index contributed by atoms with van der Waals surface area (Å²) in [7, 11) is 4.57. The van der Waals surface area contributed by atoms with Crippen LogP contribution in [0.1, 0.15) is 42.5 Å². The number of carbonyl (C=O) groups is 2. The van der Waals surface area contributed by atoms with Crippen molar-refractivity contribution in [3.8, 4) is 17.2 Å². The fourth-order valence-electron chi connectivity index (χ4n) is 3.98. The number of carbonyl (C=O) groups excluding carboxylic acids is 2. The lowest BCUT2D eigenvalue weighted by atomic mass is 9.89. The lowest BCUT2D eigenvalue weighted by Crippen LogP contribution is -2.31. The Hall–Kier alpha value is -2.87. The van der Waals surface area contributed by atoms with E-state index in [9.17, 15) is 9.59 Å². The summed E-state index contributed by atoms with van der Waals surface area (Å²) in [5, 5.41) is 5.93. The number of hydrogen-bond donors (Lipinski definition) is 2. The first-order valence-electron chi connectivity index (χ1n) is 11.2. The Bertz CT molecular complexity index is 935. The van der Waals surface area contributed by atoms with Gasteiger partial charge in [-0.1, -0.05) is 31.4 Å². The number of rotatable bonds is 10. The summed E-state index contributed by atoms with van der Waals surface area (Å²) in [6, 6.07) is 10.6. The lowest BCUT2D eigenvalue weighted by molar-refractivity contribution is -0.118. The molecule has 0 aromatic heterocycles. The predicted octanol–water partition coefficient (Wildman–Crippen LogP) is 4.75. The topological polar surface area (TPSA) is 85.9 Å². The van der Waals surface area contributed by atoms with E-state index in [2.05, 4.69) is 10.6 Å². The van der Waals surface area contributed by atoms with Gasteiger partial charge in [-0.15, -0.1) is 11.8 Å². The van der Waals surface area contributed by atoms with Crippen molar-refractivity contribution >= 4 is 29.3 Å². The lowest BCUT2D eigenvalue weighted by Gasteiger charge is -2.21. The van der Waals surface area contributed by atoms with Crippen molar-refractivity contribution in [2.24, 2.45) is 5.92 Å². The molecule has 0 spiro atoms. The molecule has 0 bridgehead atoms. The minimum Gasteiger partial charge on any atom is -0.493 e. The standard InChI is InChI=1S/C25H32N2O5S/c1-30-20-13-18(14-21(31-2)24(20)32-3)27-25(29)19-11-7-8-12-22(19)33-16-23(28)26-15-17-9-5-4-6-10-17/h7-8,11-14,17H,4-6,9-10,15-16H2,1-3H3,(H,26,28)(H,27,29). The molecule has 33 heavy (non-hydrogen) atoms. The summed E-state index contributed by atoms with van der Waals surface area (Å²) in [4.78, 5) is 26.1. The molecule has 2 amide bonds. The van der Waals surface area contributed by atoms with Gasteiger partial charge >= 0.3 is 0 Å². The van der Waals surface area contributed by atoms with Gasteiger partial charge in [0.2, 0.25) is 11.7 Å². The molecule has 1 fully saturated rings. The van der Waals surface area contributed by atoms with Crippen LogP contribution in [0.4, 0.5) is 5.69 Å². The van der Waals surface area contributed by atoms with Gasteiger partial charge in [0, 0.05) is 29.3 Å². The number of ether oxygens (including phenoxy) is 3. The molecule has 1 saturated carbocycles. The minimum atomic E-state index is -0.282. The fourth-order valence-corrected chi connectivity index (χ4v) is 4.86. The maximum Gasteiger partial charge on any atom is 0.256 e. The molecule has 2 aromatic rings. The Morgan fingerprint density at radius 2 is 1.64 bits per heavy atom. The van der Waals surface area contributed by atoms with Gasteiger partial charge in [0.05, 0.1) is 32.6 Å². The number of anilines is 1. The van der Waals surface area contributed by atoms with Crippen molar-refractivity contribution in [3.63, 3.8) is 0 Å². The molecule has 3 rings (SSSR count). The maximum atomic E-state index is 13.0. The molecule has 0 radical (unpaired) electrons. The second-order valence-corrected chi connectivity index (χ2v) is 8.98. The molecular weight excluding hydrogens is 440 g/mol. The highest BCUT2D eigenvalue weighted by molar-refractivity contribution is 8.00. The summed E-state index contributed by atoms with van der Waals surface area (Å²) in [5.41, 5.74) is 1.01. The van der Waals surface area contributed by atoms with Crippen LogP contribution in [0.2, 0.25) is 0 Å². The molecule has 0 saturated heterocycles. The number of methoxy groups -OCH3 is 3. The average molecular weight is 473 g/mol. The van der Waals surface area contributed by atoms with Crippen molar-refractivity contribution in [1.82, 2.24) is 5.32 Å². The Morgan fingerprint density at radius 3 is 2.27 bits per heavy atom. The van der Waals surface area contributed by atoms with E-state index >= 15 is 0 Å². The first-order valence-corrected chi connectivity index (χ1v) is 12.1. The van der Waals surface area contributed by atoms with Crippen LogP contribution in [0.5, 0.6) is 17.2 Å². The Morgan fingerprint density at radius 1 is 0.970 bits per heavy atom. The van der Waals surface area contributed by atoms with Crippen molar-refractivity contribution in [1.29, 1.82) is 0 Å². The Kier molecular flexibility index (Phi) is 9.30. The van der Waals surface area contributed by atoms with E-state index in [1.807, 2.05) is 12.1 Å². The van der Waals surface area contributed by atoms with Gasteiger partial charge in [-0.2, -0.15) is 0 Å². The summed E-state index contributed by atoms with van der Waals surface area (Å²) >= 11 is 1.36. The van der Waals surface area contributed by atoms with Crippen LogP contribution in [-0.4, -0.2) is 45.4 Å². The average Bonchev–Trinajstić information content (AvgIpc) is 2.86. The predicted molar refractivity (Wildman–Crippen MR) is 131 cm³/mol. The van der Waals surface area contributed by atoms with Crippen LogP contribution < -0.4 is 24.8 Å². The number of benzene rings is 2. The largest absolute Gasteiger partial charge is 0.493 e.